The highest BCUT2D eigenvalue weighted by Gasteiger charge is 2.43. The fraction of sp³-hybridized carbons (Fsp3) is 0.167. The first-order valence-electron chi connectivity index (χ1n) is 9.58. The largest absolute Gasteiger partial charge is 0.461 e. The van der Waals surface area contributed by atoms with Gasteiger partial charge in [0.15, 0.2) is 0 Å². The molecule has 5 heteroatoms. The molecule has 0 aromatic heterocycles. The molecular weight excluding hydrogens is 428 g/mol. The number of fused-ring (bicyclic) bond motifs is 3. The van der Waals surface area contributed by atoms with E-state index in [1.807, 2.05) is 47.5 Å². The molecule has 0 radical (unpaired) electrons. The van der Waals surface area contributed by atoms with Crippen LogP contribution < -0.4 is 4.74 Å². The average molecular weight is 447 g/mol. The first-order valence-corrected chi connectivity index (χ1v) is 10.4. The van der Waals surface area contributed by atoms with Crippen LogP contribution in [0.2, 0.25) is 0 Å². The molecule has 144 valence electrons. The maximum absolute atomic E-state index is 13.3. The standard InChI is InChI=1S/C24H19BrN2O2/c1-15-6-8-16(9-7-15)20-14-21-19-4-2-3-5-22(19)29-24(27(21)26-20)23(28)17-10-12-18(25)13-11-17/h2-13,21,24H,14H2,1H3/t21-,24-/m1/s1. The Balaban J connectivity index is 1.55. The van der Waals surface area contributed by atoms with Crippen LogP contribution in [0.15, 0.2) is 82.4 Å². The molecule has 29 heavy (non-hydrogen) atoms. The first kappa shape index (κ1) is 18.1. The fourth-order valence-corrected chi connectivity index (χ4v) is 4.15. The maximum Gasteiger partial charge on any atom is 0.251 e. The van der Waals surface area contributed by atoms with Gasteiger partial charge in [-0.3, -0.25) is 4.79 Å². The molecule has 3 aromatic rings. The van der Waals surface area contributed by atoms with Gasteiger partial charge >= 0.3 is 0 Å². The second-order valence-corrected chi connectivity index (χ2v) is 8.31. The van der Waals surface area contributed by atoms with Crippen molar-refractivity contribution in [2.75, 3.05) is 0 Å². The van der Waals surface area contributed by atoms with Crippen molar-refractivity contribution in [2.45, 2.75) is 25.6 Å². The van der Waals surface area contributed by atoms with E-state index < -0.39 is 6.23 Å². The zero-order valence-electron chi connectivity index (χ0n) is 15.9. The van der Waals surface area contributed by atoms with Crippen LogP contribution in [0.3, 0.4) is 0 Å². The van der Waals surface area contributed by atoms with Gasteiger partial charge in [0.2, 0.25) is 5.78 Å². The molecule has 0 bridgehead atoms. The van der Waals surface area contributed by atoms with Crippen LogP contribution in [0.5, 0.6) is 5.75 Å². The molecule has 5 rings (SSSR count). The summed E-state index contributed by atoms with van der Waals surface area (Å²) in [6.45, 7) is 2.07. The molecule has 2 heterocycles. The summed E-state index contributed by atoms with van der Waals surface area (Å²) in [5, 5.41) is 6.68. The number of aryl methyl sites for hydroxylation is 1. The van der Waals surface area contributed by atoms with Gasteiger partial charge < -0.3 is 4.74 Å². The summed E-state index contributed by atoms with van der Waals surface area (Å²) in [5.74, 6) is 0.662. The Hall–Kier alpha value is -2.92. The van der Waals surface area contributed by atoms with Gasteiger partial charge in [0.05, 0.1) is 11.8 Å². The number of benzene rings is 3. The van der Waals surface area contributed by atoms with Gasteiger partial charge in [-0.05, 0) is 30.7 Å². The van der Waals surface area contributed by atoms with Crippen molar-refractivity contribution in [3.05, 3.63) is 99.5 Å². The number of Topliss-reactive ketones (excluding diaryl/α,β-unsaturated/α-hetero) is 1. The van der Waals surface area contributed by atoms with Crippen molar-refractivity contribution < 1.29 is 9.53 Å². The van der Waals surface area contributed by atoms with Crippen molar-refractivity contribution in [1.82, 2.24) is 5.01 Å². The van der Waals surface area contributed by atoms with E-state index in [0.29, 0.717) is 5.56 Å². The Morgan fingerprint density at radius 2 is 1.76 bits per heavy atom. The predicted molar refractivity (Wildman–Crippen MR) is 116 cm³/mol. The molecule has 0 saturated heterocycles. The number of hydrogen-bond acceptors (Lipinski definition) is 4. The van der Waals surface area contributed by atoms with Crippen LogP contribution in [0.4, 0.5) is 0 Å². The third-order valence-electron chi connectivity index (χ3n) is 5.44. The second kappa shape index (κ2) is 7.16. The number of para-hydroxylation sites is 1. The summed E-state index contributed by atoms with van der Waals surface area (Å²) < 4.78 is 7.09. The van der Waals surface area contributed by atoms with E-state index in [1.54, 1.807) is 0 Å². The topological polar surface area (TPSA) is 41.9 Å². The highest BCUT2D eigenvalue weighted by Crippen LogP contribution is 2.43. The smallest absolute Gasteiger partial charge is 0.251 e. The van der Waals surface area contributed by atoms with E-state index in [9.17, 15) is 4.79 Å². The second-order valence-electron chi connectivity index (χ2n) is 7.39. The van der Waals surface area contributed by atoms with Crippen molar-refractivity contribution in [1.29, 1.82) is 0 Å². The average Bonchev–Trinajstić information content (AvgIpc) is 3.19. The fourth-order valence-electron chi connectivity index (χ4n) is 3.88. The molecule has 3 aromatic carbocycles. The summed E-state index contributed by atoms with van der Waals surface area (Å²) in [4.78, 5) is 13.3. The van der Waals surface area contributed by atoms with Gasteiger partial charge in [0, 0.05) is 22.0 Å². The van der Waals surface area contributed by atoms with Gasteiger partial charge in [-0.15, -0.1) is 0 Å². The summed E-state index contributed by atoms with van der Waals surface area (Å²) in [6, 6.07) is 23.6. The van der Waals surface area contributed by atoms with Gasteiger partial charge in [0.25, 0.3) is 6.23 Å². The van der Waals surface area contributed by atoms with Crippen LogP contribution >= 0.6 is 15.9 Å². The number of nitrogens with zero attached hydrogens (tertiary/aromatic N) is 2. The Labute approximate surface area is 177 Å². The highest BCUT2D eigenvalue weighted by atomic mass is 79.9. The van der Waals surface area contributed by atoms with Gasteiger partial charge in [0.1, 0.15) is 5.75 Å². The van der Waals surface area contributed by atoms with Crippen LogP contribution in [0.25, 0.3) is 0 Å². The van der Waals surface area contributed by atoms with Crippen molar-refractivity contribution in [2.24, 2.45) is 5.10 Å². The monoisotopic (exact) mass is 446 g/mol. The van der Waals surface area contributed by atoms with Crippen molar-refractivity contribution >= 4 is 27.4 Å². The van der Waals surface area contributed by atoms with E-state index in [4.69, 9.17) is 9.84 Å². The lowest BCUT2D eigenvalue weighted by Crippen LogP contribution is -2.45. The molecule has 2 atom stereocenters. The minimum atomic E-state index is -0.779. The van der Waals surface area contributed by atoms with Gasteiger partial charge in [-0.25, -0.2) is 5.01 Å². The Bertz CT molecular complexity index is 1110. The molecule has 2 aliphatic heterocycles. The maximum atomic E-state index is 13.3. The van der Waals surface area contributed by atoms with E-state index in [2.05, 4.69) is 53.2 Å². The minimum absolute atomic E-state index is 0.0133. The minimum Gasteiger partial charge on any atom is -0.461 e. The molecule has 0 fully saturated rings. The molecule has 4 nitrogen and oxygen atoms in total. The van der Waals surface area contributed by atoms with Gasteiger partial charge in [-0.1, -0.05) is 76.1 Å². The molecule has 0 N–H and O–H groups in total. The molecule has 0 amide bonds. The molecule has 2 aliphatic rings. The summed E-state index contributed by atoms with van der Waals surface area (Å²) in [6.07, 6.45) is -0.0351. The van der Waals surface area contributed by atoms with E-state index >= 15 is 0 Å². The van der Waals surface area contributed by atoms with Crippen LogP contribution in [0.1, 0.15) is 39.5 Å². The first-order chi connectivity index (χ1) is 14.1. The molecular formula is C24H19BrN2O2. The summed E-state index contributed by atoms with van der Waals surface area (Å²) in [7, 11) is 0. The van der Waals surface area contributed by atoms with Crippen molar-refractivity contribution in [3.8, 4) is 5.75 Å². The van der Waals surface area contributed by atoms with E-state index in [0.717, 1.165) is 33.5 Å². The highest BCUT2D eigenvalue weighted by molar-refractivity contribution is 9.10. The molecule has 0 aliphatic carbocycles. The molecule has 0 unspecified atom stereocenters. The zero-order valence-corrected chi connectivity index (χ0v) is 17.5. The number of ether oxygens (including phenoxy) is 1. The Kier molecular flexibility index (Phi) is 4.47. The zero-order chi connectivity index (χ0) is 20.0. The molecule has 0 saturated carbocycles. The van der Waals surface area contributed by atoms with Crippen LogP contribution in [0, 0.1) is 6.92 Å². The number of hydrazone groups is 1. The lowest BCUT2D eigenvalue weighted by atomic mass is 9.95. The van der Waals surface area contributed by atoms with E-state index in [1.165, 1.54) is 5.56 Å². The summed E-state index contributed by atoms with van der Waals surface area (Å²) in [5.41, 5.74) is 4.94. The van der Waals surface area contributed by atoms with Gasteiger partial charge in [-0.2, -0.15) is 5.10 Å². The van der Waals surface area contributed by atoms with E-state index in [-0.39, 0.29) is 11.8 Å². The number of carbonyl (C=O) groups is 1. The Morgan fingerprint density at radius 1 is 1.03 bits per heavy atom. The van der Waals surface area contributed by atoms with Crippen molar-refractivity contribution in [3.63, 3.8) is 0 Å². The van der Waals surface area contributed by atoms with Crippen LogP contribution in [-0.2, 0) is 0 Å². The number of rotatable bonds is 3. The lowest BCUT2D eigenvalue weighted by Gasteiger charge is -2.37. The Morgan fingerprint density at radius 3 is 2.52 bits per heavy atom. The third-order valence-corrected chi connectivity index (χ3v) is 5.97. The summed E-state index contributed by atoms with van der Waals surface area (Å²) >= 11 is 3.42. The number of ketones is 1. The third kappa shape index (κ3) is 3.25. The number of carbonyl (C=O) groups excluding carboxylic acids is 1. The lowest BCUT2D eigenvalue weighted by molar-refractivity contribution is -0.00455. The quantitative estimate of drug-likeness (QED) is 0.498. The predicted octanol–water partition coefficient (Wildman–Crippen LogP) is 5.51. The van der Waals surface area contributed by atoms with Crippen LogP contribution in [-0.4, -0.2) is 22.7 Å². The number of halogens is 1. The SMILES string of the molecule is Cc1ccc(C2=NN3[C@@H](C(=O)c4ccc(Br)cc4)Oc4ccccc4[C@H]3C2)cc1. The molecule has 0 spiro atoms. The number of hydrogen-bond donors (Lipinski definition) is 0. The normalized spacial score (nSPS) is 19.8.